The van der Waals surface area contributed by atoms with Gasteiger partial charge in [-0.1, -0.05) is 23.4 Å². The fourth-order valence-electron chi connectivity index (χ4n) is 2.70. The molecule has 0 unspecified atom stereocenters. The van der Waals surface area contributed by atoms with E-state index in [9.17, 15) is 4.79 Å². The SMILES string of the molecule is O=c1oc2ccccc2cc1-c1nc(-c2ccc3c(c2)OCO3)no1. The molecule has 0 bridgehead atoms. The zero-order chi connectivity index (χ0) is 16.8. The number of hydrogen-bond donors (Lipinski definition) is 0. The van der Waals surface area contributed by atoms with Crippen molar-refractivity contribution in [2.24, 2.45) is 0 Å². The molecule has 0 radical (unpaired) electrons. The summed E-state index contributed by atoms with van der Waals surface area (Å²) in [4.78, 5) is 16.5. The van der Waals surface area contributed by atoms with E-state index < -0.39 is 5.63 Å². The molecule has 0 saturated heterocycles. The molecule has 25 heavy (non-hydrogen) atoms. The molecule has 122 valence electrons. The van der Waals surface area contributed by atoms with Crippen LogP contribution in [0.2, 0.25) is 0 Å². The molecular weight excluding hydrogens is 324 g/mol. The first-order chi connectivity index (χ1) is 12.3. The van der Waals surface area contributed by atoms with Crippen molar-refractivity contribution in [2.45, 2.75) is 0 Å². The first-order valence-electron chi connectivity index (χ1n) is 7.55. The average Bonchev–Trinajstić information content (AvgIpc) is 3.29. The van der Waals surface area contributed by atoms with Crippen molar-refractivity contribution in [1.29, 1.82) is 0 Å². The summed E-state index contributed by atoms with van der Waals surface area (Å²) < 4.78 is 21.2. The Hall–Kier alpha value is -3.61. The second kappa shape index (κ2) is 5.20. The highest BCUT2D eigenvalue weighted by molar-refractivity contribution is 5.80. The van der Waals surface area contributed by atoms with E-state index in [0.717, 1.165) is 5.39 Å². The van der Waals surface area contributed by atoms with E-state index in [1.807, 2.05) is 12.1 Å². The summed E-state index contributed by atoms with van der Waals surface area (Å²) in [6.45, 7) is 0.189. The molecule has 1 aliphatic rings. The van der Waals surface area contributed by atoms with Crippen LogP contribution in [-0.4, -0.2) is 16.9 Å². The van der Waals surface area contributed by atoms with E-state index in [1.54, 1.807) is 36.4 Å². The molecule has 7 heteroatoms. The maximum Gasteiger partial charge on any atom is 0.349 e. The highest BCUT2D eigenvalue weighted by atomic mass is 16.7. The molecule has 0 saturated carbocycles. The van der Waals surface area contributed by atoms with Crippen LogP contribution in [0.25, 0.3) is 33.8 Å². The zero-order valence-corrected chi connectivity index (χ0v) is 12.8. The Morgan fingerprint density at radius 2 is 1.84 bits per heavy atom. The van der Waals surface area contributed by atoms with Gasteiger partial charge in [0.05, 0.1) is 0 Å². The molecule has 4 aromatic rings. The predicted molar refractivity (Wildman–Crippen MR) is 87.3 cm³/mol. The van der Waals surface area contributed by atoms with E-state index >= 15 is 0 Å². The fourth-order valence-corrected chi connectivity index (χ4v) is 2.70. The van der Waals surface area contributed by atoms with Gasteiger partial charge in [-0.25, -0.2) is 4.79 Å². The molecule has 5 rings (SSSR count). The van der Waals surface area contributed by atoms with Gasteiger partial charge >= 0.3 is 5.63 Å². The predicted octanol–water partition coefficient (Wildman–Crippen LogP) is 3.24. The van der Waals surface area contributed by atoms with Gasteiger partial charge in [-0.3, -0.25) is 0 Å². The summed E-state index contributed by atoms with van der Waals surface area (Å²) in [5, 5.41) is 4.72. The molecule has 3 heterocycles. The second-order valence-electron chi connectivity index (χ2n) is 5.48. The third kappa shape index (κ3) is 2.25. The highest BCUT2D eigenvalue weighted by Crippen LogP contribution is 2.35. The van der Waals surface area contributed by atoms with Crippen molar-refractivity contribution in [2.75, 3.05) is 6.79 Å². The van der Waals surface area contributed by atoms with Crippen molar-refractivity contribution in [3.05, 3.63) is 59.0 Å². The normalized spacial score (nSPS) is 12.6. The number of hydrogen-bond acceptors (Lipinski definition) is 7. The Bertz CT molecular complexity index is 1160. The topological polar surface area (TPSA) is 87.6 Å². The quantitative estimate of drug-likeness (QED) is 0.520. The summed E-state index contributed by atoms with van der Waals surface area (Å²) in [7, 11) is 0. The van der Waals surface area contributed by atoms with E-state index in [4.69, 9.17) is 18.4 Å². The van der Waals surface area contributed by atoms with Crippen molar-refractivity contribution < 1.29 is 18.4 Å². The molecule has 0 fully saturated rings. The zero-order valence-electron chi connectivity index (χ0n) is 12.8. The molecule has 0 spiro atoms. The summed E-state index contributed by atoms with van der Waals surface area (Å²) in [6, 6.07) is 14.2. The fraction of sp³-hybridized carbons (Fsp3) is 0.0556. The molecule has 0 N–H and O–H groups in total. The monoisotopic (exact) mass is 334 g/mol. The van der Waals surface area contributed by atoms with Gasteiger partial charge in [-0.2, -0.15) is 4.98 Å². The summed E-state index contributed by atoms with van der Waals surface area (Å²) in [6.07, 6.45) is 0. The van der Waals surface area contributed by atoms with Crippen LogP contribution in [-0.2, 0) is 0 Å². The van der Waals surface area contributed by atoms with Crippen LogP contribution in [0.5, 0.6) is 11.5 Å². The number of fused-ring (bicyclic) bond motifs is 2. The number of aromatic nitrogens is 2. The molecule has 0 amide bonds. The van der Waals surface area contributed by atoms with Crippen LogP contribution in [0.1, 0.15) is 0 Å². The van der Waals surface area contributed by atoms with E-state index in [0.29, 0.717) is 28.5 Å². The van der Waals surface area contributed by atoms with E-state index in [2.05, 4.69) is 10.1 Å². The number of para-hydroxylation sites is 1. The van der Waals surface area contributed by atoms with Crippen LogP contribution >= 0.6 is 0 Å². The number of ether oxygens (including phenoxy) is 2. The largest absolute Gasteiger partial charge is 0.454 e. The van der Waals surface area contributed by atoms with Crippen LogP contribution in [0.15, 0.2) is 62.3 Å². The van der Waals surface area contributed by atoms with Gasteiger partial charge in [0.1, 0.15) is 11.1 Å². The number of rotatable bonds is 2. The van der Waals surface area contributed by atoms with Crippen molar-refractivity contribution >= 4 is 11.0 Å². The summed E-state index contributed by atoms with van der Waals surface area (Å²) in [5.74, 6) is 1.74. The molecule has 1 aliphatic heterocycles. The maximum atomic E-state index is 12.2. The van der Waals surface area contributed by atoms with Gasteiger partial charge in [0.2, 0.25) is 12.6 Å². The summed E-state index contributed by atoms with van der Waals surface area (Å²) >= 11 is 0. The van der Waals surface area contributed by atoms with Crippen LogP contribution in [0.4, 0.5) is 0 Å². The lowest BCUT2D eigenvalue weighted by Gasteiger charge is -1.98. The molecule has 0 atom stereocenters. The lowest BCUT2D eigenvalue weighted by atomic mass is 10.2. The standard InChI is InChI=1S/C18H10N2O5/c21-18-12(7-10-3-1-2-4-13(10)24-18)17-19-16(20-25-17)11-5-6-14-15(8-11)23-9-22-14/h1-8H,9H2. The van der Waals surface area contributed by atoms with Gasteiger partial charge in [-0.05, 0) is 30.3 Å². The minimum atomic E-state index is -0.528. The van der Waals surface area contributed by atoms with Gasteiger partial charge in [-0.15, -0.1) is 0 Å². The molecule has 0 aliphatic carbocycles. The minimum absolute atomic E-state index is 0.104. The number of benzene rings is 2. The van der Waals surface area contributed by atoms with Crippen molar-refractivity contribution in [3.8, 4) is 34.3 Å². The number of nitrogens with zero attached hydrogens (tertiary/aromatic N) is 2. The van der Waals surface area contributed by atoms with Crippen molar-refractivity contribution in [3.63, 3.8) is 0 Å². The molecule has 2 aromatic carbocycles. The third-order valence-corrected chi connectivity index (χ3v) is 3.93. The minimum Gasteiger partial charge on any atom is -0.454 e. The van der Waals surface area contributed by atoms with E-state index in [1.165, 1.54) is 0 Å². The molecule has 7 nitrogen and oxygen atoms in total. The van der Waals surface area contributed by atoms with Gasteiger partial charge in [0.15, 0.2) is 11.5 Å². The maximum absolute atomic E-state index is 12.2. The van der Waals surface area contributed by atoms with E-state index in [-0.39, 0.29) is 18.2 Å². The highest BCUT2D eigenvalue weighted by Gasteiger charge is 2.19. The van der Waals surface area contributed by atoms with Gasteiger partial charge in [0, 0.05) is 10.9 Å². The Balaban J connectivity index is 1.59. The van der Waals surface area contributed by atoms with Crippen LogP contribution in [0, 0.1) is 0 Å². The molecular formula is C18H10N2O5. The van der Waals surface area contributed by atoms with Crippen LogP contribution in [0.3, 0.4) is 0 Å². The first-order valence-corrected chi connectivity index (χ1v) is 7.55. The Kier molecular flexibility index (Phi) is 2.87. The summed E-state index contributed by atoms with van der Waals surface area (Å²) in [5.41, 5.74) is 0.897. The Morgan fingerprint density at radius 1 is 0.960 bits per heavy atom. The molecule has 2 aromatic heterocycles. The van der Waals surface area contributed by atoms with Crippen LogP contribution < -0.4 is 15.1 Å². The van der Waals surface area contributed by atoms with Gasteiger partial charge in [0.25, 0.3) is 5.89 Å². The third-order valence-electron chi connectivity index (χ3n) is 3.93. The smallest absolute Gasteiger partial charge is 0.349 e. The Labute approximate surface area is 140 Å². The lowest BCUT2D eigenvalue weighted by Crippen LogP contribution is -2.02. The lowest BCUT2D eigenvalue weighted by molar-refractivity contribution is 0.174. The van der Waals surface area contributed by atoms with Gasteiger partial charge < -0.3 is 18.4 Å². The Morgan fingerprint density at radius 3 is 2.80 bits per heavy atom. The first kappa shape index (κ1) is 13.8. The average molecular weight is 334 g/mol. The second-order valence-corrected chi connectivity index (χ2v) is 5.48. The van der Waals surface area contributed by atoms with Crippen molar-refractivity contribution in [1.82, 2.24) is 10.1 Å².